The number of methoxy groups -OCH3 is 1. The number of hydrogen-bond acceptors (Lipinski definition) is 6. The summed E-state index contributed by atoms with van der Waals surface area (Å²) in [5.41, 5.74) is 5.49. The smallest absolute Gasteiger partial charge is 0.320 e. The molecule has 10 nitrogen and oxygen atoms in total. The Morgan fingerprint density at radius 2 is 1.95 bits per heavy atom. The number of urea groups is 1. The largest absolute Gasteiger partial charge is 0.383 e. The van der Waals surface area contributed by atoms with Gasteiger partial charge in [0.1, 0.15) is 11.5 Å². The summed E-state index contributed by atoms with van der Waals surface area (Å²) in [6, 6.07) is 19.8. The van der Waals surface area contributed by atoms with E-state index < -0.39 is 0 Å². The van der Waals surface area contributed by atoms with Crippen molar-refractivity contribution in [3.63, 3.8) is 0 Å². The van der Waals surface area contributed by atoms with Gasteiger partial charge >= 0.3 is 6.03 Å². The highest BCUT2D eigenvalue weighted by atomic mass is 16.5. The van der Waals surface area contributed by atoms with Crippen LogP contribution in [0.25, 0.3) is 27.8 Å². The Hall–Kier alpha value is -4.54. The molecule has 4 heterocycles. The van der Waals surface area contributed by atoms with Crippen LogP contribution in [0.4, 0.5) is 10.6 Å². The Labute approximate surface area is 238 Å². The van der Waals surface area contributed by atoms with E-state index in [1.165, 1.54) is 0 Å². The molecule has 2 atom stereocenters. The molecule has 1 aliphatic heterocycles. The fourth-order valence-corrected chi connectivity index (χ4v) is 5.61. The van der Waals surface area contributed by atoms with Gasteiger partial charge in [-0.1, -0.05) is 36.4 Å². The number of hydrogen-bond donors (Lipinski definition) is 2. The van der Waals surface area contributed by atoms with E-state index in [9.17, 15) is 4.79 Å². The van der Waals surface area contributed by atoms with Crippen molar-refractivity contribution in [3.8, 4) is 16.9 Å². The van der Waals surface area contributed by atoms with Crippen LogP contribution in [-0.4, -0.2) is 74.9 Å². The maximum absolute atomic E-state index is 13.6. The topological polar surface area (TPSA) is 102 Å². The summed E-state index contributed by atoms with van der Waals surface area (Å²) in [6.45, 7) is 4.94. The zero-order valence-corrected chi connectivity index (χ0v) is 23.5. The molecule has 5 aromatic rings. The predicted octanol–water partition coefficient (Wildman–Crippen LogP) is 4.37. The molecule has 2 aromatic carbocycles. The molecule has 0 aliphatic carbocycles. The molecular weight excluding hydrogens is 516 g/mol. The van der Waals surface area contributed by atoms with Crippen LogP contribution in [0.1, 0.15) is 17.0 Å². The third-order valence-corrected chi connectivity index (χ3v) is 7.71. The molecule has 6 rings (SSSR count). The van der Waals surface area contributed by atoms with E-state index in [1.807, 2.05) is 62.8 Å². The SMILES string of the molecule is COCCN1C[C@@H](NC(=O)Nc2c(C)c(-c3cnn(C)c3)nn2-c2ccccc2)[C@H](c2ccc3cccnc3c2)C1. The van der Waals surface area contributed by atoms with Crippen LogP contribution < -0.4 is 10.6 Å². The molecule has 0 bridgehead atoms. The molecule has 2 amide bonds. The molecule has 0 unspecified atom stereocenters. The Bertz CT molecular complexity index is 1660. The quantitative estimate of drug-likeness (QED) is 0.298. The molecular formula is C31H34N8O2. The molecule has 1 fully saturated rings. The van der Waals surface area contributed by atoms with Gasteiger partial charge in [0.05, 0.1) is 30.0 Å². The zero-order chi connectivity index (χ0) is 28.3. The van der Waals surface area contributed by atoms with Crippen molar-refractivity contribution < 1.29 is 9.53 Å². The number of aryl methyl sites for hydroxylation is 1. The third-order valence-electron chi connectivity index (χ3n) is 7.71. The number of amides is 2. The van der Waals surface area contributed by atoms with Gasteiger partial charge in [-0.2, -0.15) is 10.2 Å². The first kappa shape index (κ1) is 26.7. The Morgan fingerprint density at radius 3 is 2.73 bits per heavy atom. The van der Waals surface area contributed by atoms with Crippen molar-refractivity contribution in [1.82, 2.24) is 34.8 Å². The van der Waals surface area contributed by atoms with E-state index >= 15 is 0 Å². The van der Waals surface area contributed by atoms with Crippen LogP contribution >= 0.6 is 0 Å². The van der Waals surface area contributed by atoms with Crippen molar-refractivity contribution in [2.45, 2.75) is 18.9 Å². The van der Waals surface area contributed by atoms with Crippen LogP contribution in [0.2, 0.25) is 0 Å². The van der Waals surface area contributed by atoms with Gasteiger partial charge in [0.15, 0.2) is 0 Å². The number of pyridine rings is 1. The highest BCUT2D eigenvalue weighted by molar-refractivity contribution is 5.91. The summed E-state index contributed by atoms with van der Waals surface area (Å²) < 4.78 is 8.86. The lowest BCUT2D eigenvalue weighted by Crippen LogP contribution is -2.42. The average Bonchev–Trinajstić information content (AvgIpc) is 3.69. The van der Waals surface area contributed by atoms with Gasteiger partial charge < -0.3 is 10.1 Å². The number of carbonyl (C=O) groups excluding carboxylic acids is 1. The minimum atomic E-state index is -0.273. The van der Waals surface area contributed by atoms with Gasteiger partial charge in [-0.25, -0.2) is 9.48 Å². The van der Waals surface area contributed by atoms with Gasteiger partial charge in [-0.05, 0) is 36.8 Å². The zero-order valence-electron chi connectivity index (χ0n) is 23.5. The van der Waals surface area contributed by atoms with Crippen LogP contribution in [0.3, 0.4) is 0 Å². The summed E-state index contributed by atoms with van der Waals surface area (Å²) in [5, 5.41) is 16.7. The van der Waals surface area contributed by atoms with Crippen molar-refractivity contribution >= 4 is 22.8 Å². The summed E-state index contributed by atoms with van der Waals surface area (Å²) in [4.78, 5) is 20.5. The molecule has 3 aromatic heterocycles. The Morgan fingerprint density at radius 1 is 1.10 bits per heavy atom. The Balaban J connectivity index is 1.28. The van der Waals surface area contributed by atoms with Crippen molar-refractivity contribution in [2.75, 3.05) is 38.7 Å². The number of rotatable bonds is 8. The molecule has 2 N–H and O–H groups in total. The van der Waals surface area contributed by atoms with Crippen LogP contribution in [-0.2, 0) is 11.8 Å². The fraction of sp³-hybridized carbons (Fsp3) is 0.290. The van der Waals surface area contributed by atoms with E-state index in [4.69, 9.17) is 9.84 Å². The van der Waals surface area contributed by atoms with E-state index in [0.717, 1.165) is 58.6 Å². The minimum Gasteiger partial charge on any atom is -0.383 e. The Kier molecular flexibility index (Phi) is 7.49. The summed E-state index contributed by atoms with van der Waals surface area (Å²) >= 11 is 0. The van der Waals surface area contributed by atoms with Crippen molar-refractivity contribution in [2.24, 2.45) is 7.05 Å². The minimum absolute atomic E-state index is 0.0979. The normalized spacial score (nSPS) is 17.2. The van der Waals surface area contributed by atoms with Gasteiger partial charge in [0.25, 0.3) is 0 Å². The number of para-hydroxylation sites is 1. The number of anilines is 1. The predicted molar refractivity (Wildman–Crippen MR) is 159 cm³/mol. The van der Waals surface area contributed by atoms with Gasteiger partial charge in [-0.3, -0.25) is 19.9 Å². The number of nitrogens with one attached hydrogen (secondary N) is 2. The van der Waals surface area contributed by atoms with E-state index in [2.05, 4.69) is 49.9 Å². The second-order valence-electron chi connectivity index (χ2n) is 10.5. The lowest BCUT2D eigenvalue weighted by molar-refractivity contribution is 0.159. The third kappa shape index (κ3) is 5.57. The maximum Gasteiger partial charge on any atom is 0.320 e. The second-order valence-corrected chi connectivity index (χ2v) is 10.5. The van der Waals surface area contributed by atoms with Gasteiger partial charge in [-0.15, -0.1) is 0 Å². The molecule has 0 radical (unpaired) electrons. The van der Waals surface area contributed by atoms with Crippen LogP contribution in [0.5, 0.6) is 0 Å². The lowest BCUT2D eigenvalue weighted by Gasteiger charge is -2.21. The standard InChI is InChI=1S/C31H34N8O2/c1-21-29(24-17-33-37(2)18-24)36-39(25-9-5-4-6-10-25)30(21)35-31(40)34-28-20-38(14-15-41-3)19-26(28)23-12-11-22-8-7-13-32-27(22)16-23/h4-13,16-18,26,28H,14-15,19-20H2,1-3H3,(H2,34,35,40)/t26-,28+/m0/s1. The monoisotopic (exact) mass is 550 g/mol. The maximum atomic E-state index is 13.6. The molecule has 210 valence electrons. The molecule has 0 saturated carbocycles. The van der Waals surface area contributed by atoms with Crippen LogP contribution in [0, 0.1) is 6.92 Å². The summed E-state index contributed by atoms with van der Waals surface area (Å²) in [7, 11) is 3.59. The van der Waals surface area contributed by atoms with Crippen LogP contribution in [0.15, 0.2) is 79.3 Å². The van der Waals surface area contributed by atoms with Gasteiger partial charge in [0, 0.05) is 68.6 Å². The van der Waals surface area contributed by atoms with E-state index in [-0.39, 0.29) is 18.0 Å². The van der Waals surface area contributed by atoms with E-state index in [0.29, 0.717) is 12.4 Å². The number of ether oxygens (including phenoxy) is 1. The molecule has 1 aliphatic rings. The number of carbonyl (C=O) groups is 1. The second kappa shape index (κ2) is 11.5. The summed E-state index contributed by atoms with van der Waals surface area (Å²) in [5.74, 6) is 0.725. The number of likely N-dealkylation sites (tertiary alicyclic amines) is 1. The molecule has 0 spiro atoms. The molecule has 1 saturated heterocycles. The number of aromatic nitrogens is 5. The lowest BCUT2D eigenvalue weighted by atomic mass is 9.93. The highest BCUT2D eigenvalue weighted by Crippen LogP contribution is 2.32. The fourth-order valence-electron chi connectivity index (χ4n) is 5.61. The van der Waals surface area contributed by atoms with Crippen molar-refractivity contribution in [3.05, 3.63) is 90.4 Å². The molecule has 41 heavy (non-hydrogen) atoms. The summed E-state index contributed by atoms with van der Waals surface area (Å²) in [6.07, 6.45) is 5.52. The number of nitrogens with zero attached hydrogens (tertiary/aromatic N) is 6. The van der Waals surface area contributed by atoms with Crippen molar-refractivity contribution in [1.29, 1.82) is 0 Å². The van der Waals surface area contributed by atoms with Gasteiger partial charge in [0.2, 0.25) is 0 Å². The number of benzene rings is 2. The molecule has 10 heteroatoms. The first-order valence-electron chi connectivity index (χ1n) is 13.8. The number of fused-ring (bicyclic) bond motifs is 1. The highest BCUT2D eigenvalue weighted by Gasteiger charge is 2.35. The average molecular weight is 551 g/mol. The first-order valence-corrected chi connectivity index (χ1v) is 13.8. The van der Waals surface area contributed by atoms with E-state index in [1.54, 1.807) is 22.7 Å². The first-order chi connectivity index (χ1) is 20.0.